The van der Waals surface area contributed by atoms with Crippen molar-refractivity contribution in [2.45, 2.75) is 32.6 Å². The molecule has 2 N–H and O–H groups in total. The molecule has 0 aromatic heterocycles. The minimum Gasteiger partial charge on any atom is -0.480 e. The standard InChI is InChI=1S/C14H19NO5S/c1-9-4-10(2)6-12(5-9)7-21(19,20)8-13(14(17)18)15-11(3)16/h4-6,13H,7-8H2,1-3H3,(H,15,16)(H,17,18)/t13-/m0/s1. The van der Waals surface area contributed by atoms with E-state index in [0.717, 1.165) is 18.1 Å². The van der Waals surface area contributed by atoms with Crippen LogP contribution in [0.4, 0.5) is 0 Å². The molecule has 0 bridgehead atoms. The van der Waals surface area contributed by atoms with Gasteiger partial charge < -0.3 is 10.4 Å². The number of hydrogen-bond donors (Lipinski definition) is 2. The Bertz CT molecular complexity index is 631. The Labute approximate surface area is 124 Å². The van der Waals surface area contributed by atoms with Crippen molar-refractivity contribution in [3.8, 4) is 0 Å². The zero-order chi connectivity index (χ0) is 16.2. The summed E-state index contributed by atoms with van der Waals surface area (Å²) in [7, 11) is -3.65. The molecule has 1 rings (SSSR count). The summed E-state index contributed by atoms with van der Waals surface area (Å²) in [6.45, 7) is 4.87. The van der Waals surface area contributed by atoms with Gasteiger partial charge in [-0.1, -0.05) is 29.3 Å². The summed E-state index contributed by atoms with van der Waals surface area (Å²) in [6.07, 6.45) is 0. The van der Waals surface area contributed by atoms with Crippen LogP contribution in [0.15, 0.2) is 18.2 Å². The van der Waals surface area contributed by atoms with Gasteiger partial charge in [0.05, 0.1) is 11.5 Å². The van der Waals surface area contributed by atoms with Gasteiger partial charge in [-0.2, -0.15) is 0 Å². The Morgan fingerprint density at radius 3 is 2.14 bits per heavy atom. The minimum atomic E-state index is -3.65. The molecule has 0 heterocycles. The second-order valence-electron chi connectivity index (χ2n) is 5.14. The number of hydrogen-bond acceptors (Lipinski definition) is 4. The molecule has 1 aromatic rings. The van der Waals surface area contributed by atoms with E-state index >= 15 is 0 Å². The molecule has 0 aliphatic rings. The van der Waals surface area contributed by atoms with Crippen LogP contribution in [0, 0.1) is 13.8 Å². The van der Waals surface area contributed by atoms with Gasteiger partial charge in [0.15, 0.2) is 9.84 Å². The van der Waals surface area contributed by atoms with Gasteiger partial charge in [-0.25, -0.2) is 13.2 Å². The summed E-state index contributed by atoms with van der Waals surface area (Å²) in [5.74, 6) is -2.83. The van der Waals surface area contributed by atoms with Gasteiger partial charge >= 0.3 is 5.97 Å². The topological polar surface area (TPSA) is 101 Å². The largest absolute Gasteiger partial charge is 0.480 e. The van der Waals surface area contributed by atoms with Crippen molar-refractivity contribution < 1.29 is 23.1 Å². The highest BCUT2D eigenvalue weighted by Gasteiger charge is 2.26. The number of amides is 1. The Balaban J connectivity index is 2.89. The van der Waals surface area contributed by atoms with Crippen molar-refractivity contribution >= 4 is 21.7 Å². The van der Waals surface area contributed by atoms with Gasteiger partial charge in [-0.05, 0) is 19.4 Å². The maximum absolute atomic E-state index is 12.1. The van der Waals surface area contributed by atoms with E-state index < -0.39 is 33.5 Å². The molecule has 0 aliphatic carbocycles. The average Bonchev–Trinajstić information content (AvgIpc) is 2.24. The third-order valence-corrected chi connectivity index (χ3v) is 4.38. The van der Waals surface area contributed by atoms with E-state index in [0.29, 0.717) is 5.56 Å². The smallest absolute Gasteiger partial charge is 0.327 e. The van der Waals surface area contributed by atoms with E-state index in [9.17, 15) is 18.0 Å². The van der Waals surface area contributed by atoms with E-state index in [2.05, 4.69) is 5.32 Å². The molecule has 116 valence electrons. The van der Waals surface area contributed by atoms with E-state index in [1.807, 2.05) is 19.9 Å². The molecule has 0 spiro atoms. The highest BCUT2D eigenvalue weighted by Crippen LogP contribution is 2.13. The lowest BCUT2D eigenvalue weighted by molar-refractivity contribution is -0.140. The average molecular weight is 313 g/mol. The summed E-state index contributed by atoms with van der Waals surface area (Å²) < 4.78 is 24.2. The maximum atomic E-state index is 12.1. The predicted octanol–water partition coefficient (Wildman–Crippen LogP) is 0.808. The van der Waals surface area contributed by atoms with Gasteiger partial charge in [0.25, 0.3) is 0 Å². The molecule has 7 heteroatoms. The Morgan fingerprint density at radius 1 is 1.19 bits per heavy atom. The first-order chi connectivity index (χ1) is 9.59. The molecule has 0 unspecified atom stereocenters. The van der Waals surface area contributed by atoms with Gasteiger partial charge in [-0.3, -0.25) is 4.79 Å². The summed E-state index contributed by atoms with van der Waals surface area (Å²) in [6, 6.07) is 3.99. The Hall–Kier alpha value is -1.89. The van der Waals surface area contributed by atoms with Crippen LogP contribution in [0.25, 0.3) is 0 Å². The molecule has 0 aliphatic heterocycles. The summed E-state index contributed by atoms with van der Waals surface area (Å²) in [5, 5.41) is 11.1. The van der Waals surface area contributed by atoms with E-state index in [4.69, 9.17) is 5.11 Å². The fourth-order valence-electron chi connectivity index (χ4n) is 2.14. The van der Waals surface area contributed by atoms with Crippen LogP contribution in [-0.2, 0) is 25.2 Å². The molecule has 0 fully saturated rings. The monoisotopic (exact) mass is 313 g/mol. The molecule has 0 saturated heterocycles. The Kier molecular flexibility index (Phi) is 5.48. The van der Waals surface area contributed by atoms with Crippen LogP contribution in [-0.4, -0.2) is 37.2 Å². The van der Waals surface area contributed by atoms with Crippen LogP contribution in [0.5, 0.6) is 0 Å². The van der Waals surface area contributed by atoms with Crippen LogP contribution in [0.3, 0.4) is 0 Å². The van der Waals surface area contributed by atoms with Crippen molar-refractivity contribution in [1.82, 2.24) is 5.32 Å². The van der Waals surface area contributed by atoms with Crippen LogP contribution in [0.1, 0.15) is 23.6 Å². The quantitative estimate of drug-likeness (QED) is 0.809. The van der Waals surface area contributed by atoms with Crippen molar-refractivity contribution in [1.29, 1.82) is 0 Å². The number of carbonyl (C=O) groups is 2. The molecule has 1 atom stereocenters. The third-order valence-electron chi connectivity index (χ3n) is 2.76. The number of rotatable bonds is 6. The number of nitrogens with one attached hydrogen (secondary N) is 1. The normalized spacial score (nSPS) is 12.7. The van der Waals surface area contributed by atoms with Gasteiger partial charge in [0.2, 0.25) is 5.91 Å². The van der Waals surface area contributed by atoms with Gasteiger partial charge in [-0.15, -0.1) is 0 Å². The second-order valence-corrected chi connectivity index (χ2v) is 7.25. The number of carboxylic acids is 1. The van der Waals surface area contributed by atoms with Crippen molar-refractivity contribution in [3.05, 3.63) is 34.9 Å². The van der Waals surface area contributed by atoms with Gasteiger partial charge in [0.1, 0.15) is 6.04 Å². The number of aryl methyl sites for hydroxylation is 2. The highest BCUT2D eigenvalue weighted by molar-refractivity contribution is 7.90. The zero-order valence-electron chi connectivity index (χ0n) is 12.2. The van der Waals surface area contributed by atoms with E-state index in [-0.39, 0.29) is 5.75 Å². The van der Waals surface area contributed by atoms with Crippen LogP contribution in [0.2, 0.25) is 0 Å². The van der Waals surface area contributed by atoms with E-state index in [1.54, 1.807) is 12.1 Å². The first-order valence-corrected chi connectivity index (χ1v) is 8.19. The van der Waals surface area contributed by atoms with Crippen molar-refractivity contribution in [2.75, 3.05) is 5.75 Å². The predicted molar refractivity (Wildman–Crippen MR) is 78.6 cm³/mol. The third kappa shape index (κ3) is 5.95. The van der Waals surface area contributed by atoms with Crippen molar-refractivity contribution in [3.63, 3.8) is 0 Å². The number of aliphatic carboxylic acids is 1. The molecule has 21 heavy (non-hydrogen) atoms. The molecular weight excluding hydrogens is 294 g/mol. The molecule has 1 aromatic carbocycles. The van der Waals surface area contributed by atoms with E-state index in [1.165, 1.54) is 0 Å². The molecule has 6 nitrogen and oxygen atoms in total. The lowest BCUT2D eigenvalue weighted by Gasteiger charge is -2.14. The lowest BCUT2D eigenvalue weighted by atomic mass is 10.1. The SMILES string of the molecule is CC(=O)N[C@@H](CS(=O)(=O)Cc1cc(C)cc(C)c1)C(=O)O. The fourth-order valence-corrected chi connectivity index (χ4v) is 3.67. The Morgan fingerprint density at radius 2 is 1.71 bits per heavy atom. The lowest BCUT2D eigenvalue weighted by Crippen LogP contribution is -2.44. The first-order valence-electron chi connectivity index (χ1n) is 6.36. The summed E-state index contributed by atoms with van der Waals surface area (Å²) in [4.78, 5) is 21.9. The summed E-state index contributed by atoms with van der Waals surface area (Å²) in [5.41, 5.74) is 2.49. The minimum absolute atomic E-state index is 0.251. The van der Waals surface area contributed by atoms with Crippen LogP contribution < -0.4 is 5.32 Å². The molecule has 1 amide bonds. The molecular formula is C14H19NO5S. The highest BCUT2D eigenvalue weighted by atomic mass is 32.2. The second kappa shape index (κ2) is 6.71. The number of carbonyl (C=O) groups excluding carboxylic acids is 1. The first kappa shape index (κ1) is 17.2. The fraction of sp³-hybridized carbons (Fsp3) is 0.429. The molecule has 0 radical (unpaired) electrons. The maximum Gasteiger partial charge on any atom is 0.327 e. The number of sulfone groups is 1. The van der Waals surface area contributed by atoms with Crippen LogP contribution >= 0.6 is 0 Å². The van der Waals surface area contributed by atoms with Crippen molar-refractivity contribution in [2.24, 2.45) is 0 Å². The molecule has 0 saturated carbocycles. The number of benzene rings is 1. The number of carboxylic acid groups (broad SMARTS) is 1. The van der Waals surface area contributed by atoms with Gasteiger partial charge in [0, 0.05) is 6.92 Å². The summed E-state index contributed by atoms with van der Waals surface area (Å²) >= 11 is 0. The zero-order valence-corrected chi connectivity index (χ0v) is 13.0.